The molecule has 1 aromatic heterocycles. The summed E-state index contributed by atoms with van der Waals surface area (Å²) < 4.78 is 10.6. The Hall–Kier alpha value is -1.37. The number of pyridine rings is 1. The topological polar surface area (TPSA) is 77.5 Å². The minimum Gasteiger partial charge on any atom is -0.459 e. The van der Waals surface area contributed by atoms with Gasteiger partial charge in [0.05, 0.1) is 13.2 Å². The third-order valence-electron chi connectivity index (χ3n) is 3.81. The summed E-state index contributed by atoms with van der Waals surface area (Å²) in [6, 6.07) is 3.30. The van der Waals surface area contributed by atoms with Gasteiger partial charge in [0, 0.05) is 5.56 Å². The fraction of sp³-hybridized carbons (Fsp3) is 0.588. The van der Waals surface area contributed by atoms with Crippen LogP contribution in [0.2, 0.25) is 10.3 Å². The summed E-state index contributed by atoms with van der Waals surface area (Å²) in [5, 5.41) is 3.35. The molecular formula is C17H22Cl2N2O4. The maximum atomic E-state index is 12.7. The molecule has 1 unspecified atom stereocenters. The van der Waals surface area contributed by atoms with E-state index in [1.54, 1.807) is 39.8 Å². The molecule has 0 spiro atoms. The molecule has 0 aromatic carbocycles. The predicted molar refractivity (Wildman–Crippen MR) is 94.5 cm³/mol. The number of esters is 1. The molecule has 1 amide bonds. The highest BCUT2D eigenvalue weighted by Crippen LogP contribution is 2.34. The summed E-state index contributed by atoms with van der Waals surface area (Å²) in [7, 11) is 0. The number of aromatic nitrogens is 1. The van der Waals surface area contributed by atoms with Gasteiger partial charge in [0.25, 0.3) is 0 Å². The van der Waals surface area contributed by atoms with Crippen LogP contribution in [0.15, 0.2) is 12.1 Å². The normalized spacial score (nSPS) is 17.4. The van der Waals surface area contributed by atoms with E-state index in [0.717, 1.165) is 0 Å². The fourth-order valence-corrected chi connectivity index (χ4v) is 3.05. The monoisotopic (exact) mass is 388 g/mol. The van der Waals surface area contributed by atoms with Crippen LogP contribution in [0.25, 0.3) is 0 Å². The molecule has 0 bridgehead atoms. The number of nitrogens with one attached hydrogen (secondary N) is 1. The van der Waals surface area contributed by atoms with E-state index >= 15 is 0 Å². The molecule has 6 nitrogen and oxygen atoms in total. The molecule has 25 heavy (non-hydrogen) atoms. The van der Waals surface area contributed by atoms with Gasteiger partial charge in [-0.05, 0) is 33.3 Å². The predicted octanol–water partition coefficient (Wildman–Crippen LogP) is 3.10. The first-order valence-corrected chi connectivity index (χ1v) is 8.79. The van der Waals surface area contributed by atoms with Gasteiger partial charge >= 0.3 is 5.97 Å². The third kappa shape index (κ3) is 4.63. The average molecular weight is 389 g/mol. The molecule has 2 heterocycles. The molecule has 1 atom stereocenters. The number of carbonyl (C=O) groups is 2. The van der Waals surface area contributed by atoms with Crippen LogP contribution in [0.4, 0.5) is 0 Å². The molecule has 1 aliphatic heterocycles. The molecule has 1 aromatic rings. The Kier molecular flexibility index (Phi) is 5.97. The number of hydrogen-bond donors (Lipinski definition) is 1. The molecule has 0 saturated carbocycles. The first kappa shape index (κ1) is 19.9. The highest BCUT2D eigenvalue weighted by molar-refractivity contribution is 6.33. The number of carbonyl (C=O) groups excluding carboxylic acids is 2. The van der Waals surface area contributed by atoms with Gasteiger partial charge in [-0.3, -0.25) is 9.59 Å². The molecule has 138 valence electrons. The van der Waals surface area contributed by atoms with Crippen LogP contribution >= 0.6 is 23.2 Å². The van der Waals surface area contributed by atoms with E-state index in [4.69, 9.17) is 32.7 Å². The molecule has 1 saturated heterocycles. The van der Waals surface area contributed by atoms with Gasteiger partial charge in [-0.25, -0.2) is 4.98 Å². The lowest BCUT2D eigenvalue weighted by Crippen LogP contribution is -2.61. The van der Waals surface area contributed by atoms with Gasteiger partial charge in [-0.1, -0.05) is 36.2 Å². The molecule has 0 aliphatic carbocycles. The molecule has 8 heteroatoms. The largest absolute Gasteiger partial charge is 0.459 e. The van der Waals surface area contributed by atoms with E-state index in [1.165, 1.54) is 0 Å². The van der Waals surface area contributed by atoms with E-state index in [2.05, 4.69) is 10.3 Å². The van der Waals surface area contributed by atoms with Crippen molar-refractivity contribution in [1.29, 1.82) is 0 Å². The summed E-state index contributed by atoms with van der Waals surface area (Å²) in [5.41, 5.74) is -0.871. The number of ether oxygens (including phenoxy) is 2. The van der Waals surface area contributed by atoms with Crippen molar-refractivity contribution in [1.82, 2.24) is 10.3 Å². The number of amides is 1. The first-order chi connectivity index (χ1) is 11.6. The summed E-state index contributed by atoms with van der Waals surface area (Å²) in [5.74, 6) is -1.88. The summed E-state index contributed by atoms with van der Waals surface area (Å²) in [6.07, 6.45) is 0.324. The van der Waals surface area contributed by atoms with Gasteiger partial charge in [-0.15, -0.1) is 0 Å². The second-order valence-corrected chi connectivity index (χ2v) is 7.78. The van der Waals surface area contributed by atoms with E-state index in [9.17, 15) is 9.59 Å². The standard InChI is InChI=1S/C17H22Cl2N2O4/c1-5-10(15(23)25-16(2,3)4)14(22)21-17(8-24-9-17)11-6-7-12(18)20-13(11)19/h6-7,10H,5,8-9H2,1-4H3,(H,21,22). The van der Waals surface area contributed by atoms with E-state index in [-0.39, 0.29) is 23.5 Å². The molecule has 2 rings (SSSR count). The Bertz CT molecular complexity index is 669. The van der Waals surface area contributed by atoms with Crippen LogP contribution in [0.5, 0.6) is 0 Å². The first-order valence-electron chi connectivity index (χ1n) is 8.03. The number of nitrogens with zero attached hydrogens (tertiary/aromatic N) is 1. The Morgan fingerprint density at radius 2 is 2.00 bits per heavy atom. The Morgan fingerprint density at radius 3 is 2.44 bits per heavy atom. The molecule has 1 N–H and O–H groups in total. The summed E-state index contributed by atoms with van der Waals surface area (Å²) in [4.78, 5) is 29.0. The van der Waals surface area contributed by atoms with Gasteiger partial charge in [0.1, 0.15) is 27.4 Å². The smallest absolute Gasteiger partial charge is 0.318 e. The van der Waals surface area contributed by atoms with Crippen LogP contribution in [0.1, 0.15) is 39.7 Å². The average Bonchev–Trinajstić information content (AvgIpc) is 2.42. The number of rotatable bonds is 5. The second kappa shape index (κ2) is 7.48. The Labute approximate surface area is 157 Å². The van der Waals surface area contributed by atoms with Crippen LogP contribution < -0.4 is 5.32 Å². The van der Waals surface area contributed by atoms with Crippen LogP contribution in [0.3, 0.4) is 0 Å². The van der Waals surface area contributed by atoms with Gasteiger partial charge in [-0.2, -0.15) is 0 Å². The zero-order chi connectivity index (χ0) is 18.8. The number of halogens is 2. The van der Waals surface area contributed by atoms with Crippen molar-refractivity contribution in [2.45, 2.75) is 45.3 Å². The summed E-state index contributed by atoms with van der Waals surface area (Å²) >= 11 is 12.0. The maximum Gasteiger partial charge on any atom is 0.318 e. The van der Waals surface area contributed by atoms with Crippen molar-refractivity contribution in [3.8, 4) is 0 Å². The quantitative estimate of drug-likeness (QED) is 0.476. The SMILES string of the molecule is CCC(C(=O)NC1(c2ccc(Cl)nc2Cl)COC1)C(=O)OC(C)(C)C. The van der Waals surface area contributed by atoms with E-state index in [0.29, 0.717) is 12.0 Å². The lowest BCUT2D eigenvalue weighted by atomic mass is 9.88. The Balaban J connectivity index is 2.19. The van der Waals surface area contributed by atoms with Crippen molar-refractivity contribution in [3.05, 3.63) is 28.0 Å². The fourth-order valence-electron chi connectivity index (χ4n) is 2.53. The Morgan fingerprint density at radius 1 is 1.36 bits per heavy atom. The van der Waals surface area contributed by atoms with Crippen LogP contribution in [0, 0.1) is 5.92 Å². The minimum absolute atomic E-state index is 0.196. The second-order valence-electron chi connectivity index (χ2n) is 7.03. The summed E-state index contributed by atoms with van der Waals surface area (Å²) in [6.45, 7) is 7.52. The molecule has 0 radical (unpaired) electrons. The van der Waals surface area contributed by atoms with Crippen molar-refractivity contribution in [2.75, 3.05) is 13.2 Å². The third-order valence-corrected chi connectivity index (χ3v) is 4.30. The lowest BCUT2D eigenvalue weighted by molar-refractivity contribution is -0.164. The van der Waals surface area contributed by atoms with Crippen molar-refractivity contribution in [3.63, 3.8) is 0 Å². The van der Waals surface area contributed by atoms with Crippen molar-refractivity contribution >= 4 is 35.1 Å². The lowest BCUT2D eigenvalue weighted by Gasteiger charge is -2.43. The van der Waals surface area contributed by atoms with Gasteiger partial charge in [0.15, 0.2) is 0 Å². The highest BCUT2D eigenvalue weighted by Gasteiger charge is 2.45. The number of hydrogen-bond acceptors (Lipinski definition) is 5. The molecular weight excluding hydrogens is 367 g/mol. The van der Waals surface area contributed by atoms with Crippen molar-refractivity contribution in [2.24, 2.45) is 5.92 Å². The maximum absolute atomic E-state index is 12.7. The van der Waals surface area contributed by atoms with Gasteiger partial charge < -0.3 is 14.8 Å². The molecule has 1 aliphatic rings. The minimum atomic E-state index is -0.907. The van der Waals surface area contributed by atoms with Crippen molar-refractivity contribution < 1.29 is 19.1 Å². The zero-order valence-corrected chi connectivity index (χ0v) is 16.2. The molecule has 1 fully saturated rings. The zero-order valence-electron chi connectivity index (χ0n) is 14.7. The van der Waals surface area contributed by atoms with E-state index < -0.39 is 28.9 Å². The van der Waals surface area contributed by atoms with Crippen LogP contribution in [-0.4, -0.2) is 35.7 Å². The van der Waals surface area contributed by atoms with Gasteiger partial charge in [0.2, 0.25) is 5.91 Å². The van der Waals surface area contributed by atoms with Crippen LogP contribution in [-0.2, 0) is 24.6 Å². The van der Waals surface area contributed by atoms with E-state index in [1.807, 2.05) is 0 Å². The highest BCUT2D eigenvalue weighted by atomic mass is 35.5.